The molecule has 0 saturated carbocycles. The zero-order valence-electron chi connectivity index (χ0n) is 16.2. The van der Waals surface area contributed by atoms with Gasteiger partial charge >= 0.3 is 6.18 Å². The van der Waals surface area contributed by atoms with Crippen molar-refractivity contribution < 1.29 is 13.2 Å². The summed E-state index contributed by atoms with van der Waals surface area (Å²) < 4.78 is 38.7. The van der Waals surface area contributed by atoms with Crippen molar-refractivity contribution in [2.45, 2.75) is 46.2 Å². The molecule has 0 heterocycles. The van der Waals surface area contributed by atoms with Crippen molar-refractivity contribution >= 4 is 5.57 Å². The van der Waals surface area contributed by atoms with Gasteiger partial charge in [0.2, 0.25) is 0 Å². The van der Waals surface area contributed by atoms with E-state index in [1.807, 2.05) is 25.2 Å². The summed E-state index contributed by atoms with van der Waals surface area (Å²) in [5.41, 5.74) is 4.63. The van der Waals surface area contributed by atoms with Crippen molar-refractivity contribution in [2.24, 2.45) is 5.92 Å². The Morgan fingerprint density at radius 2 is 1.78 bits per heavy atom. The molecule has 1 aliphatic carbocycles. The van der Waals surface area contributed by atoms with E-state index in [0.29, 0.717) is 12.3 Å². The van der Waals surface area contributed by atoms with Crippen LogP contribution in [-0.2, 0) is 6.42 Å². The molecule has 144 valence electrons. The van der Waals surface area contributed by atoms with Crippen LogP contribution in [0.25, 0.3) is 5.57 Å². The molecule has 0 radical (unpaired) electrons. The quantitative estimate of drug-likeness (QED) is 0.451. The smallest absolute Gasteiger partial charge is 0.166 e. The lowest BCUT2D eigenvalue weighted by Gasteiger charge is -2.19. The lowest BCUT2D eigenvalue weighted by atomic mass is 9.88. The number of hydrogen-bond donors (Lipinski definition) is 0. The largest absolute Gasteiger partial charge is 0.412 e. The molecular formula is C24H27F3. The lowest BCUT2D eigenvalue weighted by molar-refractivity contribution is -0.0940. The molecule has 0 amide bonds. The molecule has 1 aliphatic rings. The first-order valence-electron chi connectivity index (χ1n) is 9.27. The van der Waals surface area contributed by atoms with Gasteiger partial charge in [-0.25, -0.2) is 0 Å². The number of rotatable bonds is 6. The maximum absolute atomic E-state index is 12.9. The Kier molecular flexibility index (Phi) is 7.06. The molecule has 0 N–H and O–H groups in total. The van der Waals surface area contributed by atoms with Crippen LogP contribution in [0.4, 0.5) is 13.2 Å². The summed E-state index contributed by atoms with van der Waals surface area (Å²) in [6.45, 7) is 10.1. The summed E-state index contributed by atoms with van der Waals surface area (Å²) in [7, 11) is 0. The SMILES string of the molecule is C=C(C)/C=C/C=C(/C1=CC=C(C(F)(F)F)CC1)c1ccc(CC(C)C)cc1. The van der Waals surface area contributed by atoms with E-state index >= 15 is 0 Å². The van der Waals surface area contributed by atoms with E-state index in [1.165, 1.54) is 11.6 Å². The van der Waals surface area contributed by atoms with Crippen LogP contribution in [0.3, 0.4) is 0 Å². The minimum atomic E-state index is -4.25. The minimum absolute atomic E-state index is 0.0162. The average molecular weight is 372 g/mol. The summed E-state index contributed by atoms with van der Waals surface area (Å²) in [5, 5.41) is 0. The van der Waals surface area contributed by atoms with Crippen molar-refractivity contribution in [1.82, 2.24) is 0 Å². The maximum atomic E-state index is 12.9. The van der Waals surface area contributed by atoms with Crippen LogP contribution < -0.4 is 0 Å². The molecule has 0 aromatic heterocycles. The molecule has 0 bridgehead atoms. The van der Waals surface area contributed by atoms with E-state index in [2.05, 4.69) is 44.7 Å². The summed E-state index contributed by atoms with van der Waals surface area (Å²) in [4.78, 5) is 0. The molecular weight excluding hydrogens is 345 g/mol. The summed E-state index contributed by atoms with van der Waals surface area (Å²) in [6.07, 6.45) is 5.74. The van der Waals surface area contributed by atoms with Gasteiger partial charge in [0.1, 0.15) is 0 Å². The van der Waals surface area contributed by atoms with Crippen LogP contribution in [0.2, 0.25) is 0 Å². The Hall–Kier alpha value is -2.29. The molecule has 0 fully saturated rings. The van der Waals surface area contributed by atoms with Crippen molar-refractivity contribution in [2.75, 3.05) is 0 Å². The molecule has 27 heavy (non-hydrogen) atoms. The number of halogens is 3. The molecule has 0 nitrogen and oxygen atoms in total. The van der Waals surface area contributed by atoms with Gasteiger partial charge in [-0.2, -0.15) is 13.2 Å². The Morgan fingerprint density at radius 1 is 1.11 bits per heavy atom. The number of benzene rings is 1. The van der Waals surface area contributed by atoms with Gasteiger partial charge in [0, 0.05) is 5.57 Å². The van der Waals surface area contributed by atoms with E-state index in [9.17, 15) is 13.2 Å². The highest BCUT2D eigenvalue weighted by atomic mass is 19.4. The van der Waals surface area contributed by atoms with Crippen LogP contribution in [-0.4, -0.2) is 6.18 Å². The van der Waals surface area contributed by atoms with E-state index < -0.39 is 11.7 Å². The second-order valence-corrected chi connectivity index (χ2v) is 7.46. The zero-order chi connectivity index (χ0) is 20.0. The molecule has 3 heteroatoms. The Morgan fingerprint density at radius 3 is 2.26 bits per heavy atom. The number of hydrogen-bond acceptors (Lipinski definition) is 0. The van der Waals surface area contributed by atoms with Gasteiger partial charge in [-0.15, -0.1) is 0 Å². The first kappa shape index (κ1) is 21.0. The molecule has 1 aromatic rings. The highest BCUT2D eigenvalue weighted by Crippen LogP contribution is 2.37. The summed E-state index contributed by atoms with van der Waals surface area (Å²) in [5.74, 6) is 0.580. The number of alkyl halides is 3. The molecule has 0 saturated heterocycles. The first-order chi connectivity index (χ1) is 12.7. The first-order valence-corrected chi connectivity index (χ1v) is 9.27. The van der Waals surface area contributed by atoms with Crippen molar-refractivity contribution in [3.05, 3.63) is 89.1 Å². The lowest BCUT2D eigenvalue weighted by Crippen LogP contribution is -2.13. The highest BCUT2D eigenvalue weighted by Gasteiger charge is 2.33. The van der Waals surface area contributed by atoms with Gasteiger partial charge in [-0.1, -0.05) is 80.6 Å². The second-order valence-electron chi connectivity index (χ2n) is 7.46. The van der Waals surface area contributed by atoms with E-state index in [-0.39, 0.29) is 6.42 Å². The number of allylic oxidation sites excluding steroid dienone is 9. The van der Waals surface area contributed by atoms with Crippen molar-refractivity contribution in [1.29, 1.82) is 0 Å². The highest BCUT2D eigenvalue weighted by molar-refractivity contribution is 5.81. The van der Waals surface area contributed by atoms with E-state index in [4.69, 9.17) is 0 Å². The van der Waals surface area contributed by atoms with Crippen LogP contribution in [0.1, 0.15) is 44.7 Å². The topological polar surface area (TPSA) is 0 Å². The van der Waals surface area contributed by atoms with Gasteiger partial charge in [0.05, 0.1) is 0 Å². The van der Waals surface area contributed by atoms with Crippen LogP contribution in [0, 0.1) is 5.92 Å². The van der Waals surface area contributed by atoms with Gasteiger partial charge in [0.15, 0.2) is 0 Å². The molecule has 0 aliphatic heterocycles. The normalized spacial score (nSPS) is 15.9. The molecule has 0 unspecified atom stereocenters. The third-order valence-electron chi connectivity index (χ3n) is 4.41. The van der Waals surface area contributed by atoms with Crippen LogP contribution in [0.15, 0.2) is 77.9 Å². The Balaban J connectivity index is 2.37. The molecule has 2 rings (SSSR count). The summed E-state index contributed by atoms with van der Waals surface area (Å²) >= 11 is 0. The fraction of sp³-hybridized carbons (Fsp3) is 0.333. The fourth-order valence-electron chi connectivity index (χ4n) is 3.09. The second kappa shape index (κ2) is 9.07. The average Bonchev–Trinajstić information content (AvgIpc) is 2.58. The van der Waals surface area contributed by atoms with E-state index in [0.717, 1.165) is 28.7 Å². The fourth-order valence-corrected chi connectivity index (χ4v) is 3.09. The van der Waals surface area contributed by atoms with Gasteiger partial charge in [-0.05, 0) is 54.4 Å². The van der Waals surface area contributed by atoms with E-state index in [1.54, 1.807) is 6.08 Å². The summed E-state index contributed by atoms with van der Waals surface area (Å²) in [6, 6.07) is 8.32. The van der Waals surface area contributed by atoms with Gasteiger partial charge in [0.25, 0.3) is 0 Å². The molecule has 0 spiro atoms. The third kappa shape index (κ3) is 6.42. The monoisotopic (exact) mass is 372 g/mol. The van der Waals surface area contributed by atoms with Crippen LogP contribution >= 0.6 is 0 Å². The zero-order valence-corrected chi connectivity index (χ0v) is 16.2. The van der Waals surface area contributed by atoms with Crippen molar-refractivity contribution in [3.63, 3.8) is 0 Å². The van der Waals surface area contributed by atoms with Gasteiger partial charge in [-0.3, -0.25) is 0 Å². The predicted molar refractivity (Wildman–Crippen MR) is 108 cm³/mol. The van der Waals surface area contributed by atoms with Gasteiger partial charge < -0.3 is 0 Å². The minimum Gasteiger partial charge on any atom is -0.166 e. The maximum Gasteiger partial charge on any atom is 0.412 e. The third-order valence-corrected chi connectivity index (χ3v) is 4.41. The standard InChI is InChI=1S/C24H27F3/c1-17(2)6-5-7-23(20-10-8-19(9-11-20)16-18(3)4)21-12-14-22(15-13-21)24(25,26)27/h5-12,14,18H,1,13,15-16H2,2-4H3/b6-5+,23-7+. The Labute approximate surface area is 160 Å². The van der Waals surface area contributed by atoms with Crippen LogP contribution in [0.5, 0.6) is 0 Å². The molecule has 1 aromatic carbocycles. The Bertz CT molecular complexity index is 782. The molecule has 0 atom stereocenters. The van der Waals surface area contributed by atoms with Crippen molar-refractivity contribution in [3.8, 4) is 0 Å². The predicted octanol–water partition coefficient (Wildman–Crippen LogP) is 7.61.